The molecule has 1 saturated heterocycles. The Morgan fingerprint density at radius 2 is 1.83 bits per heavy atom. The van der Waals surface area contributed by atoms with Gasteiger partial charge in [0.05, 0.1) is 37.6 Å². The van der Waals surface area contributed by atoms with E-state index in [0.29, 0.717) is 19.6 Å². The molecule has 230 valence electrons. The highest BCUT2D eigenvalue weighted by Gasteiger charge is 2.37. The molecule has 0 spiro atoms. The van der Waals surface area contributed by atoms with Crippen LogP contribution in [0.15, 0.2) is 24.3 Å². The number of hydrogen-bond acceptors (Lipinski definition) is 8. The summed E-state index contributed by atoms with van der Waals surface area (Å²) in [5, 5.41) is 10.4. The van der Waals surface area contributed by atoms with Crippen LogP contribution >= 0.6 is 0 Å². The van der Waals surface area contributed by atoms with E-state index in [1.54, 1.807) is 36.9 Å². The lowest BCUT2D eigenvalue weighted by atomic mass is 10.0. The molecule has 2 heterocycles. The van der Waals surface area contributed by atoms with Crippen molar-refractivity contribution in [2.24, 2.45) is 11.7 Å². The summed E-state index contributed by atoms with van der Waals surface area (Å²) in [4.78, 5) is 79.7. The van der Waals surface area contributed by atoms with E-state index in [1.165, 1.54) is 13.2 Å². The van der Waals surface area contributed by atoms with Crippen molar-refractivity contribution in [2.45, 2.75) is 63.7 Å². The zero-order valence-corrected chi connectivity index (χ0v) is 24.1. The molecule has 1 aromatic rings. The maximum Gasteiger partial charge on any atom is 0.255 e. The molecule has 6 N–H and O–H groups in total. The summed E-state index contributed by atoms with van der Waals surface area (Å²) in [6.45, 7) is 4.24. The molecule has 0 bridgehead atoms. The molecular formula is C28H40N6O8. The fraction of sp³-hybridized carbons (Fsp3) is 0.571. The van der Waals surface area contributed by atoms with Gasteiger partial charge in [0, 0.05) is 13.7 Å². The number of likely N-dealkylation sites (tertiary alicyclic amines) is 1. The first-order valence-electron chi connectivity index (χ1n) is 14.0. The summed E-state index contributed by atoms with van der Waals surface area (Å²) in [7, 11) is 1.53. The summed E-state index contributed by atoms with van der Waals surface area (Å²) >= 11 is 0. The third kappa shape index (κ3) is 8.65. The molecule has 14 nitrogen and oxygen atoms in total. The van der Waals surface area contributed by atoms with Crippen LogP contribution in [0.3, 0.4) is 0 Å². The second-order valence-corrected chi connectivity index (χ2v) is 10.7. The number of methoxy groups -OCH3 is 1. The second-order valence-electron chi connectivity index (χ2n) is 10.7. The molecule has 0 radical (unpaired) electrons. The largest absolute Gasteiger partial charge is 0.491 e. The molecule has 0 aromatic heterocycles. The molecular weight excluding hydrogens is 548 g/mol. The molecule has 42 heavy (non-hydrogen) atoms. The average molecular weight is 589 g/mol. The van der Waals surface area contributed by atoms with E-state index < -0.39 is 66.4 Å². The van der Waals surface area contributed by atoms with Crippen LogP contribution in [0.2, 0.25) is 0 Å². The van der Waals surface area contributed by atoms with Crippen molar-refractivity contribution >= 4 is 35.4 Å². The molecule has 0 unspecified atom stereocenters. The van der Waals surface area contributed by atoms with Crippen molar-refractivity contribution in [3.8, 4) is 5.75 Å². The third-order valence-corrected chi connectivity index (χ3v) is 7.11. The summed E-state index contributed by atoms with van der Waals surface area (Å²) in [6.07, 6.45) is 0.361. The van der Waals surface area contributed by atoms with Gasteiger partial charge in [0.25, 0.3) is 5.91 Å². The molecule has 0 saturated carbocycles. The number of fused-ring (bicyclic) bond motifs is 1. The topological polar surface area (TPSA) is 198 Å². The number of nitrogens with one attached hydrogen (secondary N) is 4. The Kier molecular flexibility index (Phi) is 11.7. The zero-order valence-electron chi connectivity index (χ0n) is 24.1. The number of para-hydroxylation sites is 1. The van der Waals surface area contributed by atoms with Gasteiger partial charge in [-0.15, -0.1) is 0 Å². The Balaban J connectivity index is 1.97. The molecule has 1 aromatic carbocycles. The van der Waals surface area contributed by atoms with E-state index >= 15 is 0 Å². The highest BCUT2D eigenvalue weighted by molar-refractivity contribution is 6.01. The van der Waals surface area contributed by atoms with Gasteiger partial charge in [-0.25, -0.2) is 0 Å². The summed E-state index contributed by atoms with van der Waals surface area (Å²) < 4.78 is 11.0. The van der Waals surface area contributed by atoms with Crippen LogP contribution in [-0.2, 0) is 28.7 Å². The number of hydrogen-bond donors (Lipinski definition) is 5. The first kappa shape index (κ1) is 32.3. The fourth-order valence-electron chi connectivity index (χ4n) is 4.99. The minimum absolute atomic E-state index is 0.00791. The van der Waals surface area contributed by atoms with Crippen LogP contribution in [0.25, 0.3) is 0 Å². The SMILES string of the molecule is COC[C@@H]1CCCN1C(=O)[C@@H]1CC(=O)N[C@@H](CC(N)=O)C(=O)N[C@H](C(C)C)C(=O)NCCOc2ccccc2C(=O)N1. The van der Waals surface area contributed by atoms with Crippen molar-refractivity contribution in [1.82, 2.24) is 26.2 Å². The fourth-order valence-corrected chi connectivity index (χ4v) is 4.99. The molecule has 6 amide bonds. The quantitative estimate of drug-likeness (QED) is 0.274. The third-order valence-electron chi connectivity index (χ3n) is 7.11. The lowest BCUT2D eigenvalue weighted by Crippen LogP contribution is -2.57. The first-order valence-corrected chi connectivity index (χ1v) is 14.0. The van der Waals surface area contributed by atoms with Crippen molar-refractivity contribution in [2.75, 3.05) is 33.4 Å². The summed E-state index contributed by atoms with van der Waals surface area (Å²) in [6, 6.07) is 2.46. The molecule has 2 aliphatic rings. The predicted molar refractivity (Wildman–Crippen MR) is 150 cm³/mol. The lowest BCUT2D eigenvalue weighted by Gasteiger charge is -2.29. The first-order chi connectivity index (χ1) is 20.0. The zero-order chi connectivity index (χ0) is 30.8. The number of nitrogens with zero attached hydrogens (tertiary/aromatic N) is 1. The van der Waals surface area contributed by atoms with Gasteiger partial charge in [0.15, 0.2) is 0 Å². The van der Waals surface area contributed by atoms with Gasteiger partial charge in [-0.05, 0) is 30.9 Å². The van der Waals surface area contributed by atoms with E-state index in [1.807, 2.05) is 0 Å². The lowest BCUT2D eigenvalue weighted by molar-refractivity contribution is -0.138. The number of ether oxygens (including phenoxy) is 2. The number of nitrogens with two attached hydrogens (primary N) is 1. The highest BCUT2D eigenvalue weighted by atomic mass is 16.5. The van der Waals surface area contributed by atoms with E-state index in [-0.39, 0.29) is 36.4 Å². The number of benzene rings is 1. The smallest absolute Gasteiger partial charge is 0.255 e. The van der Waals surface area contributed by atoms with Gasteiger partial charge < -0.3 is 41.4 Å². The Morgan fingerprint density at radius 3 is 2.52 bits per heavy atom. The minimum atomic E-state index is -1.41. The van der Waals surface area contributed by atoms with Crippen molar-refractivity contribution in [3.05, 3.63) is 29.8 Å². The minimum Gasteiger partial charge on any atom is -0.491 e. The predicted octanol–water partition coefficient (Wildman–Crippen LogP) is -1.18. The van der Waals surface area contributed by atoms with E-state index in [2.05, 4.69) is 21.3 Å². The number of primary amides is 1. The molecule has 4 atom stereocenters. The Labute approximate surface area is 244 Å². The van der Waals surface area contributed by atoms with Gasteiger partial charge in [0.1, 0.15) is 30.5 Å². The molecule has 14 heteroatoms. The van der Waals surface area contributed by atoms with Crippen LogP contribution < -0.4 is 31.7 Å². The normalized spacial score (nSPS) is 24.4. The summed E-state index contributed by atoms with van der Waals surface area (Å²) in [5.41, 5.74) is 5.47. The molecule has 0 aliphatic carbocycles. The maximum atomic E-state index is 13.7. The van der Waals surface area contributed by atoms with Crippen LogP contribution in [0.4, 0.5) is 0 Å². The Bertz CT molecular complexity index is 1170. The standard InChI is InChI=1S/C28H40N6O8/c1-16(2)24-27(39)30-10-12-42-21-9-5-4-8-18(21)25(37)32-20(28(40)34-11-6-7-17(34)15-41-3)14-23(36)31-19(13-22(29)35)26(38)33-24/h4-5,8-9,16-17,19-20,24H,6-7,10-15H2,1-3H3,(H2,29,35)(H,30,39)(H,31,36)(H,32,37)(H,33,38)/t17-,19-,20-,24+/m0/s1. The van der Waals surface area contributed by atoms with E-state index in [9.17, 15) is 28.8 Å². The number of carbonyl (C=O) groups excluding carboxylic acids is 6. The van der Waals surface area contributed by atoms with E-state index in [0.717, 1.165) is 6.42 Å². The molecule has 3 rings (SSSR count). The van der Waals surface area contributed by atoms with Gasteiger partial charge in [0.2, 0.25) is 29.5 Å². The number of carbonyl (C=O) groups is 6. The van der Waals surface area contributed by atoms with Crippen molar-refractivity contribution in [1.29, 1.82) is 0 Å². The van der Waals surface area contributed by atoms with Gasteiger partial charge in [-0.3, -0.25) is 28.8 Å². The second kappa shape index (κ2) is 15.1. The van der Waals surface area contributed by atoms with Crippen LogP contribution in [-0.4, -0.2) is 97.9 Å². The monoisotopic (exact) mass is 588 g/mol. The summed E-state index contributed by atoms with van der Waals surface area (Å²) in [5.74, 6) is -4.19. The Morgan fingerprint density at radius 1 is 1.10 bits per heavy atom. The maximum absolute atomic E-state index is 13.7. The van der Waals surface area contributed by atoms with Gasteiger partial charge >= 0.3 is 0 Å². The average Bonchev–Trinajstić information content (AvgIpc) is 3.40. The highest BCUT2D eigenvalue weighted by Crippen LogP contribution is 2.21. The molecule has 2 aliphatic heterocycles. The van der Waals surface area contributed by atoms with Crippen LogP contribution in [0.5, 0.6) is 5.75 Å². The van der Waals surface area contributed by atoms with E-state index in [4.69, 9.17) is 15.2 Å². The van der Waals surface area contributed by atoms with Gasteiger partial charge in [-0.2, -0.15) is 0 Å². The number of rotatable bonds is 6. The Hall–Kier alpha value is -4.20. The van der Waals surface area contributed by atoms with Crippen LogP contribution in [0.1, 0.15) is 49.9 Å². The number of amides is 6. The molecule has 1 fully saturated rings. The van der Waals surface area contributed by atoms with Crippen LogP contribution in [0, 0.1) is 5.92 Å². The van der Waals surface area contributed by atoms with Gasteiger partial charge in [-0.1, -0.05) is 26.0 Å². The van der Waals surface area contributed by atoms with Crippen molar-refractivity contribution in [3.63, 3.8) is 0 Å². The van der Waals surface area contributed by atoms with Crippen molar-refractivity contribution < 1.29 is 38.2 Å².